The van der Waals surface area contributed by atoms with E-state index in [2.05, 4.69) is 0 Å². The second-order valence-corrected chi connectivity index (χ2v) is 5.15. The zero-order chi connectivity index (χ0) is 14.4. The summed E-state index contributed by atoms with van der Waals surface area (Å²) >= 11 is 1.40. The van der Waals surface area contributed by atoms with Gasteiger partial charge in [0.2, 0.25) is 5.91 Å². The number of hydrogen-bond donors (Lipinski definition) is 1. The molecule has 2 N–H and O–H groups in total. The molecule has 0 aliphatic heterocycles. The summed E-state index contributed by atoms with van der Waals surface area (Å²) in [6, 6.07) is 13.2. The van der Waals surface area contributed by atoms with Crippen molar-refractivity contribution in [2.75, 3.05) is 12.4 Å². The van der Waals surface area contributed by atoms with Gasteiger partial charge >= 0.3 is 0 Å². The van der Waals surface area contributed by atoms with Crippen molar-refractivity contribution in [1.82, 2.24) is 0 Å². The fourth-order valence-electron chi connectivity index (χ4n) is 1.59. The summed E-state index contributed by atoms with van der Waals surface area (Å²) in [6.07, 6.45) is 0. The van der Waals surface area contributed by atoms with E-state index < -0.39 is 5.91 Å². The smallest absolute Gasteiger partial charge is 0.248 e. The van der Waals surface area contributed by atoms with Crippen LogP contribution in [0.2, 0.25) is 0 Å². The van der Waals surface area contributed by atoms with Gasteiger partial charge in [0.05, 0.1) is 6.61 Å². The monoisotopic (exact) mass is 291 g/mol. The van der Waals surface area contributed by atoms with Gasteiger partial charge in [-0.05, 0) is 36.4 Å². The summed E-state index contributed by atoms with van der Waals surface area (Å²) in [7, 11) is 0. The zero-order valence-electron chi connectivity index (χ0n) is 10.7. The first-order valence-corrected chi connectivity index (χ1v) is 7.05. The van der Waals surface area contributed by atoms with Crippen LogP contribution in [0.25, 0.3) is 0 Å². The Morgan fingerprint density at radius 2 is 1.85 bits per heavy atom. The lowest BCUT2D eigenvalue weighted by Gasteiger charge is -2.07. The number of hydrogen-bond acceptors (Lipinski definition) is 3. The molecule has 0 atom stereocenters. The van der Waals surface area contributed by atoms with E-state index in [0.29, 0.717) is 28.6 Å². The van der Waals surface area contributed by atoms with E-state index in [-0.39, 0.29) is 5.82 Å². The van der Waals surface area contributed by atoms with E-state index in [9.17, 15) is 9.18 Å². The summed E-state index contributed by atoms with van der Waals surface area (Å²) < 4.78 is 18.9. The number of nitrogens with two attached hydrogens (primary N) is 1. The molecule has 2 aromatic carbocycles. The molecule has 0 bridgehead atoms. The van der Waals surface area contributed by atoms with Crippen molar-refractivity contribution in [2.24, 2.45) is 5.73 Å². The van der Waals surface area contributed by atoms with Crippen molar-refractivity contribution >= 4 is 17.7 Å². The number of carbonyl (C=O) groups excluding carboxylic acids is 1. The molecule has 0 unspecified atom stereocenters. The first-order chi connectivity index (χ1) is 9.66. The lowest BCUT2D eigenvalue weighted by atomic mass is 10.2. The number of thioether (sulfide) groups is 1. The van der Waals surface area contributed by atoms with E-state index in [4.69, 9.17) is 10.5 Å². The minimum Gasteiger partial charge on any atom is -0.493 e. The molecule has 2 rings (SSSR count). The summed E-state index contributed by atoms with van der Waals surface area (Å²) in [5.41, 5.74) is 5.59. The Morgan fingerprint density at radius 3 is 2.50 bits per heavy atom. The lowest BCUT2D eigenvalue weighted by molar-refractivity contribution is 0.100. The standard InChI is InChI=1S/C15H14FNO2S/c16-13-3-1-2-4-14(13)20-10-9-19-12-7-5-11(6-8-12)15(17)18/h1-8H,9-10H2,(H2,17,18). The average Bonchev–Trinajstić information content (AvgIpc) is 2.46. The third-order valence-electron chi connectivity index (χ3n) is 2.59. The van der Waals surface area contributed by atoms with Gasteiger partial charge < -0.3 is 10.5 Å². The van der Waals surface area contributed by atoms with E-state index >= 15 is 0 Å². The van der Waals surface area contributed by atoms with E-state index in [1.165, 1.54) is 17.8 Å². The second-order valence-electron chi connectivity index (χ2n) is 4.02. The summed E-state index contributed by atoms with van der Waals surface area (Å²) in [5, 5.41) is 0. The van der Waals surface area contributed by atoms with Crippen molar-refractivity contribution < 1.29 is 13.9 Å². The van der Waals surface area contributed by atoms with Crippen molar-refractivity contribution in [1.29, 1.82) is 0 Å². The molecule has 0 spiro atoms. The number of rotatable bonds is 6. The van der Waals surface area contributed by atoms with Gasteiger partial charge in [0.15, 0.2) is 0 Å². The van der Waals surface area contributed by atoms with Crippen LogP contribution in [0.3, 0.4) is 0 Å². The topological polar surface area (TPSA) is 52.3 Å². The van der Waals surface area contributed by atoms with Crippen molar-refractivity contribution in [3.8, 4) is 5.75 Å². The van der Waals surface area contributed by atoms with E-state index in [1.807, 2.05) is 0 Å². The fourth-order valence-corrected chi connectivity index (χ4v) is 2.36. The third-order valence-corrected chi connectivity index (χ3v) is 3.60. The molecule has 0 radical (unpaired) electrons. The molecule has 3 nitrogen and oxygen atoms in total. The van der Waals surface area contributed by atoms with Crippen LogP contribution in [0.4, 0.5) is 4.39 Å². The van der Waals surface area contributed by atoms with Crippen LogP contribution < -0.4 is 10.5 Å². The lowest BCUT2D eigenvalue weighted by Crippen LogP contribution is -2.10. The Balaban J connectivity index is 1.79. The van der Waals surface area contributed by atoms with E-state index in [0.717, 1.165) is 0 Å². The van der Waals surface area contributed by atoms with Crippen LogP contribution in [0.15, 0.2) is 53.4 Å². The molecular weight excluding hydrogens is 277 g/mol. The summed E-state index contributed by atoms with van der Waals surface area (Å²) in [5.74, 6) is 0.609. The first-order valence-electron chi connectivity index (χ1n) is 6.07. The predicted octanol–water partition coefficient (Wildman–Crippen LogP) is 3.10. The maximum absolute atomic E-state index is 13.4. The van der Waals surface area contributed by atoms with Gasteiger partial charge in [0.25, 0.3) is 0 Å². The minimum absolute atomic E-state index is 0.219. The van der Waals surface area contributed by atoms with Crippen LogP contribution >= 0.6 is 11.8 Å². The number of carbonyl (C=O) groups is 1. The molecule has 20 heavy (non-hydrogen) atoms. The minimum atomic E-state index is -0.466. The molecule has 0 aromatic heterocycles. The molecule has 2 aromatic rings. The number of halogens is 1. The molecule has 0 saturated carbocycles. The largest absolute Gasteiger partial charge is 0.493 e. The van der Waals surface area contributed by atoms with E-state index in [1.54, 1.807) is 42.5 Å². The van der Waals surface area contributed by atoms with Crippen LogP contribution in [0.5, 0.6) is 5.75 Å². The summed E-state index contributed by atoms with van der Waals surface area (Å²) in [6.45, 7) is 0.453. The number of primary amides is 1. The molecule has 5 heteroatoms. The van der Waals surface area contributed by atoms with Crippen LogP contribution in [0, 0.1) is 5.82 Å². The fraction of sp³-hybridized carbons (Fsp3) is 0.133. The molecule has 0 aliphatic rings. The third kappa shape index (κ3) is 3.99. The second kappa shape index (κ2) is 6.96. The Bertz CT molecular complexity index is 587. The van der Waals surface area contributed by atoms with Gasteiger partial charge in [-0.1, -0.05) is 12.1 Å². The molecule has 104 valence electrons. The number of amides is 1. The quantitative estimate of drug-likeness (QED) is 0.657. The van der Waals surface area contributed by atoms with Gasteiger partial charge in [0, 0.05) is 16.2 Å². The first kappa shape index (κ1) is 14.4. The maximum Gasteiger partial charge on any atom is 0.248 e. The van der Waals surface area contributed by atoms with Crippen molar-refractivity contribution in [2.45, 2.75) is 4.90 Å². The SMILES string of the molecule is NC(=O)c1ccc(OCCSc2ccccc2F)cc1. The Labute approximate surface area is 120 Å². The van der Waals surface area contributed by atoms with Gasteiger partial charge in [-0.15, -0.1) is 11.8 Å². The van der Waals surface area contributed by atoms with Crippen molar-refractivity contribution in [3.63, 3.8) is 0 Å². The molecule has 0 saturated heterocycles. The van der Waals surface area contributed by atoms with Gasteiger partial charge in [-0.25, -0.2) is 4.39 Å². The predicted molar refractivity (Wildman–Crippen MR) is 77.6 cm³/mol. The Kier molecular flexibility index (Phi) is 5.01. The van der Waals surface area contributed by atoms with Crippen LogP contribution in [-0.2, 0) is 0 Å². The van der Waals surface area contributed by atoms with Crippen LogP contribution in [0.1, 0.15) is 10.4 Å². The number of ether oxygens (including phenoxy) is 1. The maximum atomic E-state index is 13.4. The van der Waals surface area contributed by atoms with Crippen LogP contribution in [-0.4, -0.2) is 18.3 Å². The molecule has 0 fully saturated rings. The average molecular weight is 291 g/mol. The Morgan fingerprint density at radius 1 is 1.15 bits per heavy atom. The summed E-state index contributed by atoms with van der Waals surface area (Å²) in [4.78, 5) is 11.5. The highest BCUT2D eigenvalue weighted by molar-refractivity contribution is 7.99. The van der Waals surface area contributed by atoms with Gasteiger partial charge in [-0.2, -0.15) is 0 Å². The highest BCUT2D eigenvalue weighted by Gasteiger charge is 2.02. The number of benzene rings is 2. The highest BCUT2D eigenvalue weighted by atomic mass is 32.2. The molecule has 0 heterocycles. The zero-order valence-corrected chi connectivity index (χ0v) is 11.5. The molecular formula is C15H14FNO2S. The molecule has 1 amide bonds. The van der Waals surface area contributed by atoms with Gasteiger partial charge in [0.1, 0.15) is 11.6 Å². The van der Waals surface area contributed by atoms with Crippen molar-refractivity contribution in [3.05, 3.63) is 59.9 Å². The Hall–Kier alpha value is -2.01. The highest BCUT2D eigenvalue weighted by Crippen LogP contribution is 2.21. The van der Waals surface area contributed by atoms with Gasteiger partial charge in [-0.3, -0.25) is 4.79 Å². The molecule has 0 aliphatic carbocycles. The normalized spacial score (nSPS) is 10.2.